The fourth-order valence-electron chi connectivity index (χ4n) is 1.69. The molecule has 0 aliphatic rings. The van der Waals surface area contributed by atoms with Crippen LogP contribution in [-0.2, 0) is 0 Å². The number of rotatable bonds is 2. The second-order valence-electron chi connectivity index (χ2n) is 3.34. The first-order valence-electron chi connectivity index (χ1n) is 4.81. The minimum Gasteiger partial charge on any atom is -0.296 e. The molecule has 0 N–H and O–H groups in total. The molecule has 16 heavy (non-hydrogen) atoms. The average Bonchev–Trinajstić information content (AvgIpc) is 2.95. The zero-order valence-electron chi connectivity index (χ0n) is 8.32. The van der Waals surface area contributed by atoms with Crippen LogP contribution in [0.25, 0.3) is 11.5 Å². The van der Waals surface area contributed by atoms with E-state index in [0.717, 1.165) is 11.9 Å². The van der Waals surface area contributed by atoms with Gasteiger partial charge in [0.1, 0.15) is 17.7 Å². The summed E-state index contributed by atoms with van der Waals surface area (Å²) in [5, 5.41) is 0. The third-order valence-corrected chi connectivity index (χ3v) is 2.41. The molecule has 78 valence electrons. The average molecular weight is 212 g/mol. The number of hydrogen-bond donors (Lipinski definition) is 0. The van der Waals surface area contributed by atoms with Crippen molar-refractivity contribution < 1.29 is 4.79 Å². The normalized spacial score (nSPS) is 10.8. The highest BCUT2D eigenvalue weighted by molar-refractivity contribution is 5.79. The second-order valence-corrected chi connectivity index (χ2v) is 3.34. The largest absolute Gasteiger partial charge is 0.296 e. The van der Waals surface area contributed by atoms with E-state index in [2.05, 4.69) is 9.97 Å². The quantitative estimate of drug-likeness (QED) is 0.602. The van der Waals surface area contributed by atoms with Gasteiger partial charge in [0, 0.05) is 18.6 Å². The molecule has 0 bridgehead atoms. The lowest BCUT2D eigenvalue weighted by molar-refractivity contribution is 0.111. The van der Waals surface area contributed by atoms with E-state index in [1.54, 1.807) is 27.7 Å². The first kappa shape index (κ1) is 8.84. The van der Waals surface area contributed by atoms with E-state index in [9.17, 15) is 4.79 Å². The molecule has 5 heteroatoms. The third kappa shape index (κ3) is 1.15. The van der Waals surface area contributed by atoms with E-state index in [4.69, 9.17) is 0 Å². The van der Waals surface area contributed by atoms with Crippen molar-refractivity contribution in [2.75, 3.05) is 0 Å². The Hall–Kier alpha value is -2.43. The van der Waals surface area contributed by atoms with Crippen molar-refractivity contribution in [3.8, 4) is 5.82 Å². The molecule has 3 aromatic heterocycles. The summed E-state index contributed by atoms with van der Waals surface area (Å²) >= 11 is 0. The van der Waals surface area contributed by atoms with Gasteiger partial charge in [0.2, 0.25) is 0 Å². The van der Waals surface area contributed by atoms with Gasteiger partial charge in [-0.1, -0.05) is 6.07 Å². The molecule has 0 unspecified atom stereocenters. The number of aldehydes is 1. The van der Waals surface area contributed by atoms with E-state index in [-0.39, 0.29) is 0 Å². The minimum atomic E-state index is 0.522. The van der Waals surface area contributed by atoms with Crippen LogP contribution in [0.3, 0.4) is 0 Å². The fourth-order valence-corrected chi connectivity index (χ4v) is 1.69. The van der Waals surface area contributed by atoms with Gasteiger partial charge < -0.3 is 0 Å². The van der Waals surface area contributed by atoms with Gasteiger partial charge in [0.05, 0.1) is 0 Å². The third-order valence-electron chi connectivity index (χ3n) is 2.41. The maximum absolute atomic E-state index is 11.1. The molecule has 0 atom stereocenters. The van der Waals surface area contributed by atoms with E-state index >= 15 is 0 Å². The van der Waals surface area contributed by atoms with Crippen LogP contribution in [0, 0.1) is 0 Å². The molecular weight excluding hydrogens is 204 g/mol. The van der Waals surface area contributed by atoms with Crippen LogP contribution in [0.1, 0.15) is 10.5 Å². The molecule has 0 spiro atoms. The van der Waals surface area contributed by atoms with Crippen molar-refractivity contribution in [1.29, 1.82) is 0 Å². The van der Waals surface area contributed by atoms with Gasteiger partial charge in [-0.3, -0.25) is 13.8 Å². The topological polar surface area (TPSA) is 52.2 Å². The zero-order chi connectivity index (χ0) is 11.0. The highest BCUT2D eigenvalue weighted by Crippen LogP contribution is 2.14. The van der Waals surface area contributed by atoms with Crippen LogP contribution < -0.4 is 0 Å². The smallest absolute Gasteiger partial charge is 0.170 e. The number of nitrogens with zero attached hydrogens (tertiary/aromatic N) is 4. The van der Waals surface area contributed by atoms with Crippen molar-refractivity contribution in [2.45, 2.75) is 0 Å². The number of imidazole rings is 2. The van der Waals surface area contributed by atoms with Gasteiger partial charge in [0.25, 0.3) is 0 Å². The lowest BCUT2D eigenvalue weighted by Gasteiger charge is -1.97. The Kier molecular flexibility index (Phi) is 1.83. The Labute approximate surface area is 91.0 Å². The Morgan fingerprint density at radius 3 is 2.94 bits per heavy atom. The van der Waals surface area contributed by atoms with E-state index < -0.39 is 0 Å². The first-order chi connectivity index (χ1) is 7.90. The SMILES string of the molecule is O=Cc1c(-n2ccnc2)nc2ccccn12. The van der Waals surface area contributed by atoms with Crippen LogP contribution in [-0.4, -0.2) is 25.2 Å². The molecule has 0 aliphatic carbocycles. The number of aromatic nitrogens is 4. The molecule has 5 nitrogen and oxygen atoms in total. The molecule has 0 saturated heterocycles. The van der Waals surface area contributed by atoms with Crippen LogP contribution in [0.5, 0.6) is 0 Å². The molecule has 0 fully saturated rings. The highest BCUT2D eigenvalue weighted by atomic mass is 16.1. The number of fused-ring (bicyclic) bond motifs is 1. The molecule has 3 heterocycles. The van der Waals surface area contributed by atoms with E-state index in [1.807, 2.05) is 24.4 Å². The summed E-state index contributed by atoms with van der Waals surface area (Å²) in [5.74, 6) is 0.596. The molecule has 0 saturated carbocycles. The lowest BCUT2D eigenvalue weighted by Crippen LogP contribution is -1.97. The first-order valence-corrected chi connectivity index (χ1v) is 4.81. The Bertz CT molecular complexity index is 639. The summed E-state index contributed by atoms with van der Waals surface area (Å²) in [4.78, 5) is 19.4. The highest BCUT2D eigenvalue weighted by Gasteiger charge is 2.11. The summed E-state index contributed by atoms with van der Waals surface area (Å²) in [6.07, 6.45) is 7.64. The van der Waals surface area contributed by atoms with Crippen LogP contribution in [0.2, 0.25) is 0 Å². The molecule has 3 aromatic rings. The van der Waals surface area contributed by atoms with Crippen molar-refractivity contribution in [2.24, 2.45) is 0 Å². The standard InChI is InChI=1S/C11H8N4O/c16-7-9-11(14-6-4-12-8-14)13-10-3-1-2-5-15(9)10/h1-8H. The predicted molar refractivity (Wildman–Crippen MR) is 57.7 cm³/mol. The Balaban J connectivity index is 2.37. The molecule has 0 aliphatic heterocycles. The van der Waals surface area contributed by atoms with Crippen molar-refractivity contribution in [3.05, 3.63) is 48.8 Å². The molecule has 0 radical (unpaired) electrons. The second kappa shape index (κ2) is 3.30. The van der Waals surface area contributed by atoms with Gasteiger partial charge in [-0.25, -0.2) is 9.97 Å². The van der Waals surface area contributed by atoms with E-state index in [1.165, 1.54) is 0 Å². The molecule has 0 amide bonds. The zero-order valence-corrected chi connectivity index (χ0v) is 8.32. The van der Waals surface area contributed by atoms with Crippen molar-refractivity contribution in [1.82, 2.24) is 18.9 Å². The van der Waals surface area contributed by atoms with Gasteiger partial charge in [-0.2, -0.15) is 0 Å². The lowest BCUT2D eigenvalue weighted by atomic mass is 10.4. The maximum Gasteiger partial charge on any atom is 0.170 e. The summed E-state index contributed by atoms with van der Waals surface area (Å²) in [7, 11) is 0. The number of pyridine rings is 1. The molecule has 3 rings (SSSR count). The predicted octanol–water partition coefficient (Wildman–Crippen LogP) is 1.33. The van der Waals surface area contributed by atoms with Crippen molar-refractivity contribution in [3.63, 3.8) is 0 Å². The number of hydrogen-bond acceptors (Lipinski definition) is 3. The summed E-state index contributed by atoms with van der Waals surface area (Å²) in [6, 6.07) is 5.60. The summed E-state index contributed by atoms with van der Waals surface area (Å²) in [5.41, 5.74) is 1.27. The van der Waals surface area contributed by atoms with Crippen LogP contribution in [0.4, 0.5) is 0 Å². The van der Waals surface area contributed by atoms with Gasteiger partial charge in [0.15, 0.2) is 12.1 Å². The number of carbonyl (C=O) groups is 1. The fraction of sp³-hybridized carbons (Fsp3) is 0. The van der Waals surface area contributed by atoms with Gasteiger partial charge in [-0.15, -0.1) is 0 Å². The number of carbonyl (C=O) groups excluding carboxylic acids is 1. The Morgan fingerprint density at radius 1 is 1.25 bits per heavy atom. The van der Waals surface area contributed by atoms with Crippen LogP contribution >= 0.6 is 0 Å². The summed E-state index contributed by atoms with van der Waals surface area (Å²) in [6.45, 7) is 0. The minimum absolute atomic E-state index is 0.522. The van der Waals surface area contributed by atoms with Crippen molar-refractivity contribution >= 4 is 11.9 Å². The van der Waals surface area contributed by atoms with Crippen LogP contribution in [0.15, 0.2) is 43.1 Å². The molecular formula is C11H8N4O. The van der Waals surface area contributed by atoms with Gasteiger partial charge >= 0.3 is 0 Å². The van der Waals surface area contributed by atoms with Gasteiger partial charge in [-0.05, 0) is 12.1 Å². The Morgan fingerprint density at radius 2 is 2.19 bits per heavy atom. The summed E-state index contributed by atoms with van der Waals surface area (Å²) < 4.78 is 3.47. The maximum atomic E-state index is 11.1. The monoisotopic (exact) mass is 212 g/mol. The van der Waals surface area contributed by atoms with E-state index in [0.29, 0.717) is 11.5 Å². The molecule has 0 aromatic carbocycles.